The Labute approximate surface area is 185 Å². The van der Waals surface area contributed by atoms with Crippen LogP contribution in [-0.2, 0) is 0 Å². The number of pyridine rings is 1. The SMILES string of the molecule is CCC[C@H]1CC[C@@H](Oc2ccc3nnc([C@@H]4CC(C)(C)CN4C)n3c2)c2ccccc21. The van der Waals surface area contributed by atoms with E-state index in [0.29, 0.717) is 11.3 Å². The van der Waals surface area contributed by atoms with E-state index in [4.69, 9.17) is 4.74 Å². The number of likely N-dealkylation sites (tertiary alicyclic amines) is 1. The van der Waals surface area contributed by atoms with Crippen LogP contribution in [0.1, 0.15) is 87.9 Å². The second-order valence-corrected chi connectivity index (χ2v) is 10.2. The first-order valence-electron chi connectivity index (χ1n) is 11.8. The summed E-state index contributed by atoms with van der Waals surface area (Å²) in [6.07, 6.45) is 8.02. The Morgan fingerprint density at radius 1 is 1.06 bits per heavy atom. The van der Waals surface area contributed by atoms with Gasteiger partial charge < -0.3 is 4.74 Å². The fourth-order valence-electron chi connectivity index (χ4n) is 5.78. The second kappa shape index (κ2) is 7.94. The molecule has 0 spiro atoms. The minimum Gasteiger partial charge on any atom is -0.484 e. The van der Waals surface area contributed by atoms with E-state index in [1.54, 1.807) is 0 Å². The van der Waals surface area contributed by atoms with E-state index >= 15 is 0 Å². The molecule has 1 fully saturated rings. The molecule has 0 N–H and O–H groups in total. The molecule has 3 aromatic rings. The van der Waals surface area contributed by atoms with Crippen molar-refractivity contribution in [1.29, 1.82) is 0 Å². The molecule has 3 heterocycles. The van der Waals surface area contributed by atoms with E-state index < -0.39 is 0 Å². The Morgan fingerprint density at radius 3 is 2.61 bits per heavy atom. The Kier molecular flexibility index (Phi) is 5.25. The standard InChI is InChI=1S/C26H34N4O/c1-5-8-18-11-13-23(21-10-7-6-9-20(18)21)31-19-12-14-24-27-28-25(30(24)16-19)22-15-26(2,3)17-29(22)4/h6-7,9-10,12,14,16,18,22-23H,5,8,11,13,15,17H2,1-4H3/t18-,22-,23+/m0/s1. The largest absolute Gasteiger partial charge is 0.484 e. The van der Waals surface area contributed by atoms with Gasteiger partial charge in [-0.3, -0.25) is 9.30 Å². The summed E-state index contributed by atoms with van der Waals surface area (Å²) >= 11 is 0. The molecule has 31 heavy (non-hydrogen) atoms. The number of hydrogen-bond donors (Lipinski definition) is 0. The first kappa shape index (κ1) is 20.5. The molecule has 0 unspecified atom stereocenters. The predicted octanol–water partition coefficient (Wildman–Crippen LogP) is 5.93. The van der Waals surface area contributed by atoms with Gasteiger partial charge >= 0.3 is 0 Å². The van der Waals surface area contributed by atoms with E-state index in [1.807, 2.05) is 12.1 Å². The highest BCUT2D eigenvalue weighted by Crippen LogP contribution is 2.43. The van der Waals surface area contributed by atoms with Gasteiger partial charge in [-0.1, -0.05) is 51.5 Å². The summed E-state index contributed by atoms with van der Waals surface area (Å²) in [6, 6.07) is 13.2. The van der Waals surface area contributed by atoms with Gasteiger partial charge in [-0.2, -0.15) is 0 Å². The van der Waals surface area contributed by atoms with Crippen molar-refractivity contribution in [3.8, 4) is 5.75 Å². The Balaban J connectivity index is 1.43. The molecule has 3 atom stereocenters. The molecule has 1 aromatic carbocycles. The third-order valence-corrected chi connectivity index (χ3v) is 7.13. The van der Waals surface area contributed by atoms with E-state index in [-0.39, 0.29) is 12.1 Å². The van der Waals surface area contributed by atoms with Crippen molar-refractivity contribution in [2.75, 3.05) is 13.6 Å². The normalized spacial score (nSPS) is 25.6. The van der Waals surface area contributed by atoms with Gasteiger partial charge in [-0.25, -0.2) is 0 Å². The summed E-state index contributed by atoms with van der Waals surface area (Å²) in [7, 11) is 2.19. The van der Waals surface area contributed by atoms with Crippen LogP contribution in [0.25, 0.3) is 5.65 Å². The monoisotopic (exact) mass is 418 g/mol. The van der Waals surface area contributed by atoms with Gasteiger partial charge in [0.2, 0.25) is 0 Å². The van der Waals surface area contributed by atoms with E-state index in [9.17, 15) is 0 Å². The molecule has 5 heteroatoms. The third kappa shape index (κ3) is 3.84. The summed E-state index contributed by atoms with van der Waals surface area (Å²) in [4.78, 5) is 2.40. The van der Waals surface area contributed by atoms with Crippen molar-refractivity contribution in [3.63, 3.8) is 0 Å². The summed E-state index contributed by atoms with van der Waals surface area (Å²) in [5, 5.41) is 8.99. The van der Waals surface area contributed by atoms with Crippen molar-refractivity contribution >= 4 is 5.65 Å². The van der Waals surface area contributed by atoms with Gasteiger partial charge in [0.15, 0.2) is 11.5 Å². The minimum absolute atomic E-state index is 0.106. The van der Waals surface area contributed by atoms with Crippen LogP contribution in [0.4, 0.5) is 0 Å². The molecule has 1 saturated heterocycles. The molecule has 1 aliphatic heterocycles. The van der Waals surface area contributed by atoms with Crippen LogP contribution >= 0.6 is 0 Å². The highest BCUT2D eigenvalue weighted by Gasteiger charge is 2.38. The van der Waals surface area contributed by atoms with Crippen LogP contribution < -0.4 is 4.74 Å². The third-order valence-electron chi connectivity index (χ3n) is 7.13. The average Bonchev–Trinajstić information content (AvgIpc) is 3.28. The molecule has 0 bridgehead atoms. The number of ether oxygens (including phenoxy) is 1. The van der Waals surface area contributed by atoms with Crippen LogP contribution in [0.3, 0.4) is 0 Å². The number of hydrogen-bond acceptors (Lipinski definition) is 4. The maximum absolute atomic E-state index is 6.58. The molecule has 2 aromatic heterocycles. The molecular formula is C26H34N4O. The molecule has 0 radical (unpaired) electrons. The van der Waals surface area contributed by atoms with Crippen LogP contribution in [0.5, 0.6) is 5.75 Å². The van der Waals surface area contributed by atoms with Crippen LogP contribution in [0.15, 0.2) is 42.6 Å². The highest BCUT2D eigenvalue weighted by atomic mass is 16.5. The quantitative estimate of drug-likeness (QED) is 0.515. The first-order chi connectivity index (χ1) is 14.9. The Hall–Kier alpha value is -2.40. The van der Waals surface area contributed by atoms with Gasteiger partial charge in [0.1, 0.15) is 11.9 Å². The van der Waals surface area contributed by atoms with Crippen molar-refractivity contribution in [1.82, 2.24) is 19.5 Å². The van der Waals surface area contributed by atoms with Crippen molar-refractivity contribution < 1.29 is 4.74 Å². The number of aromatic nitrogens is 3. The van der Waals surface area contributed by atoms with Crippen LogP contribution in [-0.4, -0.2) is 33.1 Å². The second-order valence-electron chi connectivity index (χ2n) is 10.2. The van der Waals surface area contributed by atoms with E-state index in [2.05, 4.69) is 77.8 Å². The summed E-state index contributed by atoms with van der Waals surface area (Å²) < 4.78 is 8.71. The predicted molar refractivity (Wildman–Crippen MR) is 123 cm³/mol. The molecule has 0 saturated carbocycles. The maximum Gasteiger partial charge on any atom is 0.161 e. The number of benzene rings is 1. The number of rotatable bonds is 5. The van der Waals surface area contributed by atoms with Gasteiger partial charge in [-0.05, 0) is 67.3 Å². The zero-order chi connectivity index (χ0) is 21.6. The Morgan fingerprint density at radius 2 is 1.87 bits per heavy atom. The number of fused-ring (bicyclic) bond motifs is 2. The van der Waals surface area contributed by atoms with Gasteiger partial charge in [0, 0.05) is 6.54 Å². The van der Waals surface area contributed by atoms with E-state index in [1.165, 1.54) is 30.4 Å². The zero-order valence-electron chi connectivity index (χ0n) is 19.2. The molecule has 164 valence electrons. The summed E-state index contributed by atoms with van der Waals surface area (Å²) in [5.74, 6) is 2.57. The lowest BCUT2D eigenvalue weighted by molar-refractivity contribution is 0.174. The number of nitrogens with zero attached hydrogens (tertiary/aromatic N) is 4. The van der Waals surface area contributed by atoms with Crippen LogP contribution in [0.2, 0.25) is 0 Å². The van der Waals surface area contributed by atoms with Gasteiger partial charge in [-0.15, -0.1) is 10.2 Å². The van der Waals surface area contributed by atoms with E-state index in [0.717, 1.165) is 36.6 Å². The lowest BCUT2D eigenvalue weighted by atomic mass is 9.79. The Bertz CT molecular complexity index is 1070. The van der Waals surface area contributed by atoms with Crippen molar-refractivity contribution in [2.45, 2.75) is 70.9 Å². The van der Waals surface area contributed by atoms with Crippen molar-refractivity contribution in [3.05, 3.63) is 59.5 Å². The molecular weight excluding hydrogens is 384 g/mol. The highest BCUT2D eigenvalue weighted by molar-refractivity contribution is 5.43. The van der Waals surface area contributed by atoms with Gasteiger partial charge in [0.25, 0.3) is 0 Å². The fraction of sp³-hybridized carbons (Fsp3) is 0.538. The topological polar surface area (TPSA) is 42.7 Å². The molecule has 5 rings (SSSR count). The molecule has 5 nitrogen and oxygen atoms in total. The molecule has 1 aliphatic carbocycles. The minimum atomic E-state index is 0.106. The smallest absolute Gasteiger partial charge is 0.161 e. The lowest BCUT2D eigenvalue weighted by Crippen LogP contribution is -2.21. The summed E-state index contributed by atoms with van der Waals surface area (Å²) in [6.45, 7) is 8.00. The maximum atomic E-state index is 6.58. The zero-order valence-corrected chi connectivity index (χ0v) is 19.2. The molecule has 0 amide bonds. The lowest BCUT2D eigenvalue weighted by Gasteiger charge is -2.32. The fourth-order valence-corrected chi connectivity index (χ4v) is 5.78. The van der Waals surface area contributed by atoms with Crippen molar-refractivity contribution in [2.24, 2.45) is 5.41 Å². The van der Waals surface area contributed by atoms with Crippen LogP contribution in [0, 0.1) is 5.41 Å². The first-order valence-corrected chi connectivity index (χ1v) is 11.8. The summed E-state index contributed by atoms with van der Waals surface area (Å²) in [5.41, 5.74) is 4.00. The average molecular weight is 419 g/mol. The van der Waals surface area contributed by atoms with Gasteiger partial charge in [0.05, 0.1) is 12.2 Å². The molecule has 2 aliphatic rings.